The summed E-state index contributed by atoms with van der Waals surface area (Å²) in [6.07, 6.45) is 0. The number of nitrogens with one attached hydrogen (secondary N) is 1. The van der Waals surface area contributed by atoms with Crippen LogP contribution in [0.25, 0.3) is 0 Å². The van der Waals surface area contributed by atoms with Crippen LogP contribution in [0.4, 0.5) is 5.69 Å². The Labute approximate surface area is 207 Å². The molecule has 0 fully saturated rings. The Kier molecular flexibility index (Phi) is 9.26. The van der Waals surface area contributed by atoms with Crippen LogP contribution in [0, 0.1) is 0 Å². The van der Waals surface area contributed by atoms with Crippen molar-refractivity contribution in [1.82, 2.24) is 10.2 Å². The van der Waals surface area contributed by atoms with Gasteiger partial charge in [0.1, 0.15) is 17.2 Å². The van der Waals surface area contributed by atoms with E-state index in [0.717, 1.165) is 25.4 Å². The van der Waals surface area contributed by atoms with Crippen molar-refractivity contribution < 1.29 is 19.1 Å². The molecule has 0 aliphatic heterocycles. The van der Waals surface area contributed by atoms with Crippen LogP contribution in [-0.2, 0) is 0 Å². The van der Waals surface area contributed by atoms with Crippen molar-refractivity contribution in [2.45, 2.75) is 13.8 Å². The summed E-state index contributed by atoms with van der Waals surface area (Å²) in [6, 6.07) is 21.6. The summed E-state index contributed by atoms with van der Waals surface area (Å²) >= 11 is 0. The second-order valence-corrected chi connectivity index (χ2v) is 7.97. The molecule has 0 radical (unpaired) electrons. The van der Waals surface area contributed by atoms with Crippen molar-refractivity contribution in [3.63, 3.8) is 0 Å². The number of para-hydroxylation sites is 1. The van der Waals surface area contributed by atoms with Gasteiger partial charge in [0.2, 0.25) is 0 Å². The number of likely N-dealkylation sites (N-methyl/N-ethyl adjacent to an activating group) is 1. The molecular weight excluding hydrogens is 442 g/mol. The number of amides is 2. The minimum Gasteiger partial charge on any atom is -0.496 e. The molecule has 3 aromatic rings. The summed E-state index contributed by atoms with van der Waals surface area (Å²) in [4.78, 5) is 29.5. The van der Waals surface area contributed by atoms with Crippen LogP contribution in [0.15, 0.2) is 72.8 Å². The number of rotatable bonds is 11. The molecule has 0 aliphatic rings. The zero-order chi connectivity index (χ0) is 25.2. The highest BCUT2D eigenvalue weighted by molar-refractivity contribution is 6.06. The molecule has 0 aromatic heterocycles. The van der Waals surface area contributed by atoms with Crippen molar-refractivity contribution in [3.8, 4) is 17.2 Å². The third kappa shape index (κ3) is 6.83. The molecular formula is C28H33N3O4. The average molecular weight is 476 g/mol. The molecule has 0 aliphatic carbocycles. The van der Waals surface area contributed by atoms with Gasteiger partial charge in [0.15, 0.2) is 0 Å². The van der Waals surface area contributed by atoms with E-state index < -0.39 is 0 Å². The first-order valence-electron chi connectivity index (χ1n) is 11.8. The van der Waals surface area contributed by atoms with Crippen LogP contribution >= 0.6 is 0 Å². The second kappa shape index (κ2) is 12.6. The lowest BCUT2D eigenvalue weighted by Crippen LogP contribution is -2.35. The first-order valence-corrected chi connectivity index (χ1v) is 11.8. The highest BCUT2D eigenvalue weighted by Crippen LogP contribution is 2.27. The largest absolute Gasteiger partial charge is 0.496 e. The molecule has 0 saturated carbocycles. The zero-order valence-electron chi connectivity index (χ0n) is 20.8. The lowest BCUT2D eigenvalue weighted by Gasteiger charge is -2.20. The normalized spacial score (nSPS) is 10.7. The predicted octanol–water partition coefficient (Wildman–Crippen LogP) is 4.84. The van der Waals surface area contributed by atoms with Crippen molar-refractivity contribution in [3.05, 3.63) is 83.9 Å². The SMILES string of the molecule is CCN(CC)CCNC(=O)c1ccc(N(C)C(=O)c2ccc(Oc3ccccc3)cc2)cc1OC. The molecule has 7 heteroatoms. The zero-order valence-corrected chi connectivity index (χ0v) is 20.8. The Morgan fingerprint density at radius 3 is 2.17 bits per heavy atom. The third-order valence-electron chi connectivity index (χ3n) is 5.81. The molecule has 184 valence electrons. The molecule has 3 rings (SSSR count). The standard InChI is InChI=1S/C28H33N3O4/c1-5-31(6-2)19-18-29-27(32)25-17-14-22(20-26(25)34-4)30(3)28(33)21-12-15-24(16-13-21)35-23-10-8-7-9-11-23/h7-17,20H,5-6,18-19H2,1-4H3,(H,29,32). The molecule has 0 unspecified atom stereocenters. The molecule has 35 heavy (non-hydrogen) atoms. The summed E-state index contributed by atoms with van der Waals surface area (Å²) in [5, 5.41) is 2.94. The van der Waals surface area contributed by atoms with Crippen LogP contribution in [0.1, 0.15) is 34.6 Å². The fourth-order valence-corrected chi connectivity index (χ4v) is 3.64. The summed E-state index contributed by atoms with van der Waals surface area (Å²) < 4.78 is 11.3. The summed E-state index contributed by atoms with van der Waals surface area (Å²) in [7, 11) is 3.20. The number of anilines is 1. The van der Waals surface area contributed by atoms with Gasteiger partial charge >= 0.3 is 0 Å². The highest BCUT2D eigenvalue weighted by Gasteiger charge is 2.18. The number of hydrogen-bond donors (Lipinski definition) is 1. The number of methoxy groups -OCH3 is 1. The van der Waals surface area contributed by atoms with E-state index in [1.807, 2.05) is 30.3 Å². The molecule has 0 saturated heterocycles. The monoisotopic (exact) mass is 475 g/mol. The molecule has 0 atom stereocenters. The van der Waals surface area contributed by atoms with Crippen molar-refractivity contribution in [2.75, 3.05) is 45.2 Å². The van der Waals surface area contributed by atoms with Gasteiger partial charge in [-0.1, -0.05) is 32.0 Å². The van der Waals surface area contributed by atoms with Gasteiger partial charge in [0, 0.05) is 37.5 Å². The van der Waals surface area contributed by atoms with Gasteiger partial charge in [0.05, 0.1) is 12.7 Å². The van der Waals surface area contributed by atoms with Gasteiger partial charge in [0.25, 0.3) is 11.8 Å². The number of hydrogen-bond acceptors (Lipinski definition) is 5. The Bertz CT molecular complexity index is 1110. The summed E-state index contributed by atoms with van der Waals surface area (Å²) in [6.45, 7) is 7.40. The highest BCUT2D eigenvalue weighted by atomic mass is 16.5. The van der Waals surface area contributed by atoms with E-state index >= 15 is 0 Å². The molecule has 0 heterocycles. The van der Waals surface area contributed by atoms with Gasteiger partial charge in [-0.2, -0.15) is 0 Å². The molecule has 0 bridgehead atoms. The number of carbonyl (C=O) groups excluding carboxylic acids is 2. The molecule has 7 nitrogen and oxygen atoms in total. The van der Waals surface area contributed by atoms with Crippen LogP contribution in [-0.4, -0.2) is 57.1 Å². The molecule has 0 spiro atoms. The number of benzene rings is 3. The van der Waals surface area contributed by atoms with Crippen molar-refractivity contribution in [2.24, 2.45) is 0 Å². The Morgan fingerprint density at radius 2 is 1.54 bits per heavy atom. The van der Waals surface area contributed by atoms with Crippen molar-refractivity contribution in [1.29, 1.82) is 0 Å². The van der Waals surface area contributed by atoms with Crippen LogP contribution in [0.3, 0.4) is 0 Å². The Morgan fingerprint density at radius 1 is 0.886 bits per heavy atom. The van der Waals surface area contributed by atoms with E-state index in [1.165, 1.54) is 12.0 Å². The van der Waals surface area contributed by atoms with E-state index in [-0.39, 0.29) is 11.8 Å². The van der Waals surface area contributed by atoms with Crippen LogP contribution < -0.4 is 19.7 Å². The lowest BCUT2D eigenvalue weighted by atomic mass is 10.1. The molecule has 3 aromatic carbocycles. The molecule has 2 amide bonds. The van der Waals surface area contributed by atoms with Gasteiger partial charge < -0.3 is 24.6 Å². The minimum atomic E-state index is -0.205. The lowest BCUT2D eigenvalue weighted by molar-refractivity contribution is 0.0945. The molecule has 1 N–H and O–H groups in total. The maximum atomic E-state index is 13.1. The van der Waals surface area contributed by atoms with Gasteiger partial charge in [-0.25, -0.2) is 0 Å². The number of nitrogens with zero attached hydrogens (tertiary/aromatic N) is 2. The predicted molar refractivity (Wildman–Crippen MR) is 139 cm³/mol. The third-order valence-corrected chi connectivity index (χ3v) is 5.81. The summed E-state index contributed by atoms with van der Waals surface area (Å²) in [5.41, 5.74) is 1.57. The topological polar surface area (TPSA) is 71.1 Å². The van der Waals surface area contributed by atoms with E-state index in [1.54, 1.807) is 49.5 Å². The summed E-state index contributed by atoms with van der Waals surface area (Å²) in [5.74, 6) is 1.40. The fourth-order valence-electron chi connectivity index (χ4n) is 3.64. The first kappa shape index (κ1) is 25.8. The van der Waals surface area contributed by atoms with Crippen LogP contribution in [0.5, 0.6) is 17.2 Å². The van der Waals surface area contributed by atoms with E-state index in [2.05, 4.69) is 24.1 Å². The van der Waals surface area contributed by atoms with Crippen molar-refractivity contribution >= 4 is 17.5 Å². The van der Waals surface area contributed by atoms with Gasteiger partial charge in [-0.05, 0) is 61.6 Å². The minimum absolute atomic E-state index is 0.185. The van der Waals surface area contributed by atoms with Crippen LogP contribution in [0.2, 0.25) is 0 Å². The second-order valence-electron chi connectivity index (χ2n) is 7.97. The fraction of sp³-hybridized carbons (Fsp3) is 0.286. The first-order chi connectivity index (χ1) is 17.0. The van der Waals surface area contributed by atoms with E-state index in [4.69, 9.17) is 9.47 Å². The maximum absolute atomic E-state index is 13.1. The van der Waals surface area contributed by atoms with E-state index in [9.17, 15) is 9.59 Å². The van der Waals surface area contributed by atoms with E-state index in [0.29, 0.717) is 34.9 Å². The quantitative estimate of drug-likeness (QED) is 0.430. The Balaban J connectivity index is 1.66. The maximum Gasteiger partial charge on any atom is 0.258 e. The smallest absolute Gasteiger partial charge is 0.258 e. The Hall–Kier alpha value is -3.84. The average Bonchev–Trinajstić information content (AvgIpc) is 2.90. The van der Waals surface area contributed by atoms with Gasteiger partial charge in [-0.3, -0.25) is 9.59 Å². The number of ether oxygens (including phenoxy) is 2. The number of carbonyl (C=O) groups is 2. The van der Waals surface area contributed by atoms with Gasteiger partial charge in [-0.15, -0.1) is 0 Å².